The van der Waals surface area contributed by atoms with Gasteiger partial charge in [0.15, 0.2) is 0 Å². The number of carbonyl (C=O) groups excluding carboxylic acids is 1. The van der Waals surface area contributed by atoms with Crippen LogP contribution in [-0.4, -0.2) is 11.8 Å². The summed E-state index contributed by atoms with van der Waals surface area (Å²) < 4.78 is 24.2. The van der Waals surface area contributed by atoms with Crippen molar-refractivity contribution in [2.75, 3.05) is 0 Å². The fraction of sp³-hybridized carbons (Fsp3) is 0.462. The highest BCUT2D eigenvalue weighted by Gasteiger charge is 2.43. The second kappa shape index (κ2) is 3.72. The Morgan fingerprint density at radius 2 is 1.88 bits per heavy atom. The summed E-state index contributed by atoms with van der Waals surface area (Å²) >= 11 is 0. The van der Waals surface area contributed by atoms with Gasteiger partial charge >= 0.3 is 5.97 Å². The van der Waals surface area contributed by atoms with Crippen LogP contribution in [0, 0.1) is 5.82 Å². The Hall–Kier alpha value is -1.58. The number of benzene rings is 1. The topological polar surface area (TPSA) is 35.5 Å². The first-order valence-corrected chi connectivity index (χ1v) is 5.90. The minimum Gasteiger partial charge on any atom is -0.451 e. The number of rotatable bonds is 0. The largest absolute Gasteiger partial charge is 0.451 e. The summed E-state index contributed by atoms with van der Waals surface area (Å²) in [6, 6.07) is 3.96. The zero-order chi connectivity index (χ0) is 11.9. The summed E-state index contributed by atoms with van der Waals surface area (Å²) in [4.78, 5) is 11.8. The highest BCUT2D eigenvalue weighted by Crippen LogP contribution is 2.39. The van der Waals surface area contributed by atoms with E-state index in [1.807, 2.05) is 0 Å². The number of hydrogen-bond donors (Lipinski definition) is 0. The predicted octanol–water partition coefficient (Wildman–Crippen LogP) is 3.04. The molecule has 3 rings (SSSR count). The highest BCUT2D eigenvalue weighted by molar-refractivity contribution is 5.93. The first kappa shape index (κ1) is 10.6. The van der Waals surface area contributed by atoms with Gasteiger partial charge in [-0.15, -0.1) is 0 Å². The molecule has 0 unspecified atom stereocenters. The lowest BCUT2D eigenvalue weighted by Crippen LogP contribution is -2.46. The summed E-state index contributed by atoms with van der Waals surface area (Å²) in [5, 5.41) is 0. The monoisotopic (exact) mass is 236 g/mol. The number of hydrogen-bond acceptors (Lipinski definition) is 3. The second-order valence-electron chi connectivity index (χ2n) is 4.60. The molecule has 0 radical (unpaired) electrons. The maximum Gasteiger partial charge on any atom is 0.345 e. The molecule has 1 aliphatic heterocycles. The van der Waals surface area contributed by atoms with Crippen LogP contribution in [0.25, 0.3) is 0 Å². The Morgan fingerprint density at radius 3 is 2.65 bits per heavy atom. The van der Waals surface area contributed by atoms with Crippen molar-refractivity contribution >= 4 is 5.97 Å². The van der Waals surface area contributed by atoms with Gasteiger partial charge < -0.3 is 9.47 Å². The van der Waals surface area contributed by atoms with Gasteiger partial charge in [0, 0.05) is 12.8 Å². The molecule has 1 heterocycles. The molecule has 90 valence electrons. The molecular weight excluding hydrogens is 223 g/mol. The Kier molecular flexibility index (Phi) is 2.31. The van der Waals surface area contributed by atoms with Crippen LogP contribution in [-0.2, 0) is 4.74 Å². The molecule has 4 heteroatoms. The Balaban J connectivity index is 1.97. The predicted molar refractivity (Wildman–Crippen MR) is 58.3 cm³/mol. The third-order valence-electron chi connectivity index (χ3n) is 3.35. The molecule has 2 aliphatic rings. The van der Waals surface area contributed by atoms with Crippen molar-refractivity contribution in [3.8, 4) is 5.75 Å². The molecule has 3 nitrogen and oxygen atoms in total. The summed E-state index contributed by atoms with van der Waals surface area (Å²) in [6.45, 7) is 0. The summed E-state index contributed by atoms with van der Waals surface area (Å²) in [5.41, 5.74) is 0.182. The molecule has 1 aromatic carbocycles. The van der Waals surface area contributed by atoms with E-state index in [0.717, 1.165) is 38.2 Å². The lowest BCUT2D eigenvalue weighted by molar-refractivity contribution is -0.172. The van der Waals surface area contributed by atoms with Crippen LogP contribution < -0.4 is 4.74 Å². The van der Waals surface area contributed by atoms with Crippen molar-refractivity contribution in [3.05, 3.63) is 29.6 Å². The number of carbonyl (C=O) groups is 1. The molecule has 1 fully saturated rings. The molecule has 0 atom stereocenters. The van der Waals surface area contributed by atoms with Crippen LogP contribution in [0.4, 0.5) is 4.39 Å². The average molecular weight is 236 g/mol. The van der Waals surface area contributed by atoms with Crippen LogP contribution in [0.3, 0.4) is 0 Å². The van der Waals surface area contributed by atoms with E-state index in [4.69, 9.17) is 9.47 Å². The summed E-state index contributed by atoms with van der Waals surface area (Å²) in [5.74, 6) is -1.30. The Labute approximate surface area is 98.5 Å². The van der Waals surface area contributed by atoms with Gasteiger partial charge in [0.2, 0.25) is 0 Å². The van der Waals surface area contributed by atoms with Crippen molar-refractivity contribution in [1.82, 2.24) is 0 Å². The van der Waals surface area contributed by atoms with Gasteiger partial charge in [0.05, 0.1) is 0 Å². The van der Waals surface area contributed by atoms with Crippen LogP contribution in [0.1, 0.15) is 42.5 Å². The third-order valence-corrected chi connectivity index (χ3v) is 3.35. The first-order valence-electron chi connectivity index (χ1n) is 5.90. The van der Waals surface area contributed by atoms with Crippen LogP contribution in [0.5, 0.6) is 5.75 Å². The zero-order valence-electron chi connectivity index (χ0n) is 9.37. The van der Waals surface area contributed by atoms with E-state index in [2.05, 4.69) is 0 Å². The zero-order valence-corrected chi connectivity index (χ0v) is 9.37. The van der Waals surface area contributed by atoms with E-state index in [9.17, 15) is 9.18 Å². The molecule has 0 saturated heterocycles. The smallest absolute Gasteiger partial charge is 0.345 e. The molecule has 1 aliphatic carbocycles. The quantitative estimate of drug-likeness (QED) is 0.649. The molecule has 1 saturated carbocycles. The molecule has 17 heavy (non-hydrogen) atoms. The maximum atomic E-state index is 13.0. The van der Waals surface area contributed by atoms with E-state index in [1.54, 1.807) is 0 Å². The second-order valence-corrected chi connectivity index (χ2v) is 4.60. The van der Waals surface area contributed by atoms with Gasteiger partial charge in [-0.05, 0) is 31.0 Å². The van der Waals surface area contributed by atoms with Gasteiger partial charge in [-0.25, -0.2) is 9.18 Å². The standard InChI is InChI=1S/C13H13FO3/c14-9-4-5-11-10(8-9)12(15)17-13(16-11)6-2-1-3-7-13/h4-5,8H,1-3,6-7H2. The van der Waals surface area contributed by atoms with Crippen molar-refractivity contribution in [2.24, 2.45) is 0 Å². The van der Waals surface area contributed by atoms with Gasteiger partial charge in [-0.3, -0.25) is 0 Å². The summed E-state index contributed by atoms with van der Waals surface area (Å²) in [6.07, 6.45) is 4.55. The highest BCUT2D eigenvalue weighted by atomic mass is 19.1. The number of ether oxygens (including phenoxy) is 2. The first-order chi connectivity index (χ1) is 8.19. The van der Waals surface area contributed by atoms with Crippen LogP contribution >= 0.6 is 0 Å². The molecule has 0 aromatic heterocycles. The van der Waals surface area contributed by atoms with E-state index in [1.165, 1.54) is 12.1 Å². The summed E-state index contributed by atoms with van der Waals surface area (Å²) in [7, 11) is 0. The van der Waals surface area contributed by atoms with Crippen molar-refractivity contribution in [1.29, 1.82) is 0 Å². The van der Waals surface area contributed by atoms with Crippen molar-refractivity contribution in [3.63, 3.8) is 0 Å². The maximum absolute atomic E-state index is 13.0. The fourth-order valence-electron chi connectivity index (χ4n) is 2.49. The lowest BCUT2D eigenvalue weighted by atomic mass is 9.93. The lowest BCUT2D eigenvalue weighted by Gasteiger charge is -2.39. The molecular formula is C13H13FO3. The Bertz CT molecular complexity index is 464. The SMILES string of the molecule is O=C1OC2(CCCCC2)Oc2ccc(F)cc21. The third kappa shape index (κ3) is 1.77. The minimum absolute atomic E-state index is 0.182. The normalized spacial score (nSPS) is 21.6. The van der Waals surface area contributed by atoms with Gasteiger partial charge in [-0.1, -0.05) is 6.42 Å². The number of fused-ring (bicyclic) bond motifs is 1. The average Bonchev–Trinajstić information content (AvgIpc) is 2.31. The van der Waals surface area contributed by atoms with Gasteiger partial charge in [0.1, 0.15) is 17.1 Å². The van der Waals surface area contributed by atoms with E-state index in [0.29, 0.717) is 5.75 Å². The van der Waals surface area contributed by atoms with Crippen molar-refractivity contribution in [2.45, 2.75) is 37.9 Å². The van der Waals surface area contributed by atoms with Crippen molar-refractivity contribution < 1.29 is 18.7 Å². The minimum atomic E-state index is -0.805. The molecule has 0 bridgehead atoms. The molecule has 1 aromatic rings. The van der Waals surface area contributed by atoms with E-state index in [-0.39, 0.29) is 5.56 Å². The Morgan fingerprint density at radius 1 is 1.12 bits per heavy atom. The van der Waals surface area contributed by atoms with E-state index < -0.39 is 17.6 Å². The fourth-order valence-corrected chi connectivity index (χ4v) is 2.49. The van der Waals surface area contributed by atoms with Crippen LogP contribution in [0.15, 0.2) is 18.2 Å². The molecule has 0 amide bonds. The molecule has 0 N–H and O–H groups in total. The van der Waals surface area contributed by atoms with Crippen LogP contribution in [0.2, 0.25) is 0 Å². The van der Waals surface area contributed by atoms with E-state index >= 15 is 0 Å². The molecule has 1 spiro atoms. The van der Waals surface area contributed by atoms with Gasteiger partial charge in [-0.2, -0.15) is 0 Å². The number of esters is 1. The number of halogens is 1. The van der Waals surface area contributed by atoms with Gasteiger partial charge in [0.25, 0.3) is 5.79 Å².